The molecule has 20 heavy (non-hydrogen) atoms. The molecule has 1 fully saturated rings. The molecule has 0 aliphatic heterocycles. The first-order valence-corrected chi connectivity index (χ1v) is 7.04. The van der Waals surface area contributed by atoms with Crippen LogP contribution < -0.4 is 4.74 Å². The van der Waals surface area contributed by atoms with Gasteiger partial charge in [-0.3, -0.25) is 14.9 Å². The van der Waals surface area contributed by atoms with Gasteiger partial charge in [-0.1, -0.05) is 19.8 Å². The van der Waals surface area contributed by atoms with Crippen molar-refractivity contribution in [2.45, 2.75) is 45.1 Å². The number of benzene rings is 1. The molecule has 1 aromatic rings. The highest BCUT2D eigenvalue weighted by molar-refractivity contribution is 5.76. The van der Waals surface area contributed by atoms with Crippen molar-refractivity contribution in [1.82, 2.24) is 0 Å². The number of nitro groups is 1. The van der Waals surface area contributed by atoms with Crippen molar-refractivity contribution in [2.75, 3.05) is 0 Å². The number of rotatable bonds is 5. The molecule has 5 heteroatoms. The SMILES string of the molecule is CCC1CCCC(Oc2cc(C=O)ccc2[N+](=O)[O-])C1. The van der Waals surface area contributed by atoms with Gasteiger partial charge in [-0.05, 0) is 37.3 Å². The molecule has 1 aromatic carbocycles. The Morgan fingerprint density at radius 3 is 2.90 bits per heavy atom. The van der Waals surface area contributed by atoms with Crippen LogP contribution in [0.4, 0.5) is 5.69 Å². The van der Waals surface area contributed by atoms with Crippen LogP contribution in [0.5, 0.6) is 5.75 Å². The van der Waals surface area contributed by atoms with Gasteiger partial charge in [-0.15, -0.1) is 0 Å². The zero-order valence-corrected chi connectivity index (χ0v) is 11.6. The molecule has 0 heterocycles. The fraction of sp³-hybridized carbons (Fsp3) is 0.533. The van der Waals surface area contributed by atoms with Crippen LogP contribution in [0.1, 0.15) is 49.4 Å². The van der Waals surface area contributed by atoms with Gasteiger partial charge in [0.2, 0.25) is 0 Å². The monoisotopic (exact) mass is 277 g/mol. The second-order valence-corrected chi connectivity index (χ2v) is 5.28. The third-order valence-corrected chi connectivity index (χ3v) is 3.92. The molecule has 1 saturated carbocycles. The molecule has 108 valence electrons. The summed E-state index contributed by atoms with van der Waals surface area (Å²) >= 11 is 0. The predicted molar refractivity (Wildman–Crippen MR) is 75.1 cm³/mol. The average Bonchev–Trinajstić information content (AvgIpc) is 2.47. The molecule has 1 aliphatic rings. The summed E-state index contributed by atoms with van der Waals surface area (Å²) in [5.41, 5.74) is 0.322. The van der Waals surface area contributed by atoms with E-state index < -0.39 is 4.92 Å². The topological polar surface area (TPSA) is 69.4 Å². The van der Waals surface area contributed by atoms with E-state index in [2.05, 4.69) is 6.92 Å². The Morgan fingerprint density at radius 2 is 2.25 bits per heavy atom. The molecule has 5 nitrogen and oxygen atoms in total. The van der Waals surface area contributed by atoms with Gasteiger partial charge in [0.25, 0.3) is 0 Å². The molecule has 0 amide bonds. The van der Waals surface area contributed by atoms with Gasteiger partial charge in [-0.2, -0.15) is 0 Å². The molecular formula is C15H19NO4. The van der Waals surface area contributed by atoms with Crippen LogP contribution in [0, 0.1) is 16.0 Å². The molecule has 0 aromatic heterocycles. The van der Waals surface area contributed by atoms with Gasteiger partial charge in [0.15, 0.2) is 5.75 Å². The van der Waals surface area contributed by atoms with Crippen LogP contribution in [-0.2, 0) is 0 Å². The van der Waals surface area contributed by atoms with Gasteiger partial charge in [0, 0.05) is 11.6 Å². The first-order valence-electron chi connectivity index (χ1n) is 7.04. The minimum Gasteiger partial charge on any atom is -0.483 e. The maximum Gasteiger partial charge on any atom is 0.310 e. The summed E-state index contributed by atoms with van der Waals surface area (Å²) in [5, 5.41) is 11.0. The van der Waals surface area contributed by atoms with Gasteiger partial charge in [-0.25, -0.2) is 0 Å². The number of ether oxygens (including phenoxy) is 1. The Labute approximate surface area is 118 Å². The van der Waals surface area contributed by atoms with Crippen LogP contribution >= 0.6 is 0 Å². The van der Waals surface area contributed by atoms with E-state index in [4.69, 9.17) is 4.74 Å². The Kier molecular flexibility index (Phi) is 4.71. The van der Waals surface area contributed by atoms with Crippen LogP contribution in [0.3, 0.4) is 0 Å². The Hall–Kier alpha value is -1.91. The summed E-state index contributed by atoms with van der Waals surface area (Å²) in [7, 11) is 0. The molecule has 1 aliphatic carbocycles. The van der Waals surface area contributed by atoms with E-state index >= 15 is 0 Å². The van der Waals surface area contributed by atoms with Crippen molar-refractivity contribution in [1.29, 1.82) is 0 Å². The van der Waals surface area contributed by atoms with Gasteiger partial charge < -0.3 is 4.74 Å². The minimum absolute atomic E-state index is 0.00861. The summed E-state index contributed by atoms with van der Waals surface area (Å²) < 4.78 is 5.82. The van der Waals surface area contributed by atoms with Crippen molar-refractivity contribution in [2.24, 2.45) is 5.92 Å². The average molecular weight is 277 g/mol. The summed E-state index contributed by atoms with van der Waals surface area (Å²) in [4.78, 5) is 21.4. The number of carbonyl (C=O) groups excluding carboxylic acids is 1. The number of nitro benzene ring substituents is 1. The van der Waals surface area contributed by atoms with E-state index in [1.165, 1.54) is 24.6 Å². The molecule has 0 saturated heterocycles. The maximum absolute atomic E-state index is 11.0. The second-order valence-electron chi connectivity index (χ2n) is 5.28. The number of nitrogens with zero attached hydrogens (tertiary/aromatic N) is 1. The quantitative estimate of drug-likeness (QED) is 0.467. The molecule has 2 rings (SSSR count). The van der Waals surface area contributed by atoms with Crippen LogP contribution in [0.25, 0.3) is 0 Å². The fourth-order valence-corrected chi connectivity index (χ4v) is 2.75. The smallest absolute Gasteiger partial charge is 0.310 e. The van der Waals surface area contributed by atoms with Gasteiger partial charge in [0.05, 0.1) is 11.0 Å². The molecule has 0 radical (unpaired) electrons. The molecule has 0 bridgehead atoms. The van der Waals surface area contributed by atoms with Gasteiger partial charge >= 0.3 is 5.69 Å². The lowest BCUT2D eigenvalue weighted by molar-refractivity contribution is -0.386. The third kappa shape index (κ3) is 3.35. The normalized spacial score (nSPS) is 22.2. The second kappa shape index (κ2) is 6.50. The number of hydrogen-bond acceptors (Lipinski definition) is 4. The molecule has 2 unspecified atom stereocenters. The summed E-state index contributed by atoms with van der Waals surface area (Å²) in [6.07, 6.45) is 5.92. The standard InChI is InChI=1S/C15H19NO4/c1-2-11-4-3-5-13(8-11)20-15-9-12(10-17)6-7-14(15)16(18)19/h6-7,9-11,13H,2-5,8H2,1H3. The van der Waals surface area contributed by atoms with Crippen molar-refractivity contribution >= 4 is 12.0 Å². The third-order valence-electron chi connectivity index (χ3n) is 3.92. The number of aldehydes is 1. The predicted octanol–water partition coefficient (Wildman–Crippen LogP) is 3.75. The zero-order valence-electron chi connectivity index (χ0n) is 11.6. The lowest BCUT2D eigenvalue weighted by Gasteiger charge is -2.28. The number of carbonyl (C=O) groups is 1. The minimum atomic E-state index is -0.468. The van der Waals surface area contributed by atoms with Crippen LogP contribution in [0.2, 0.25) is 0 Å². The Balaban J connectivity index is 2.18. The van der Waals surface area contributed by atoms with Gasteiger partial charge in [0.1, 0.15) is 6.29 Å². The van der Waals surface area contributed by atoms with E-state index in [0.29, 0.717) is 17.8 Å². The summed E-state index contributed by atoms with van der Waals surface area (Å²) in [6, 6.07) is 4.23. The van der Waals surface area contributed by atoms with Crippen LogP contribution in [0.15, 0.2) is 18.2 Å². The first-order chi connectivity index (χ1) is 9.63. The fourth-order valence-electron chi connectivity index (χ4n) is 2.75. The van der Waals surface area contributed by atoms with Crippen molar-refractivity contribution in [3.05, 3.63) is 33.9 Å². The Bertz CT molecular complexity index is 501. The van der Waals surface area contributed by atoms with Crippen molar-refractivity contribution in [3.63, 3.8) is 0 Å². The van der Waals surface area contributed by atoms with E-state index in [1.54, 1.807) is 0 Å². The lowest BCUT2D eigenvalue weighted by Crippen LogP contribution is -2.25. The first kappa shape index (κ1) is 14.5. The van der Waals surface area contributed by atoms with Crippen molar-refractivity contribution < 1.29 is 14.5 Å². The van der Waals surface area contributed by atoms with Crippen LogP contribution in [-0.4, -0.2) is 17.3 Å². The molecule has 0 spiro atoms. The number of hydrogen-bond donors (Lipinski definition) is 0. The summed E-state index contributed by atoms with van der Waals surface area (Å²) in [5.74, 6) is 0.836. The van der Waals surface area contributed by atoms with Crippen molar-refractivity contribution in [3.8, 4) is 5.75 Å². The Morgan fingerprint density at radius 1 is 1.45 bits per heavy atom. The van der Waals surface area contributed by atoms with E-state index in [1.807, 2.05) is 0 Å². The highest BCUT2D eigenvalue weighted by Crippen LogP contribution is 2.33. The maximum atomic E-state index is 11.0. The largest absolute Gasteiger partial charge is 0.483 e. The zero-order chi connectivity index (χ0) is 14.5. The molecule has 0 N–H and O–H groups in total. The molecule has 2 atom stereocenters. The van der Waals surface area contributed by atoms with E-state index in [0.717, 1.165) is 25.7 Å². The summed E-state index contributed by atoms with van der Waals surface area (Å²) in [6.45, 7) is 2.16. The molecular weight excluding hydrogens is 258 g/mol. The lowest BCUT2D eigenvalue weighted by atomic mass is 9.85. The van der Waals surface area contributed by atoms with E-state index in [-0.39, 0.29) is 17.5 Å². The van der Waals surface area contributed by atoms with E-state index in [9.17, 15) is 14.9 Å². The highest BCUT2D eigenvalue weighted by Gasteiger charge is 2.25. The highest BCUT2D eigenvalue weighted by atomic mass is 16.6.